The summed E-state index contributed by atoms with van der Waals surface area (Å²) in [5.74, 6) is 0. The highest BCUT2D eigenvalue weighted by Crippen LogP contribution is 2.35. The van der Waals surface area contributed by atoms with Gasteiger partial charge in [0, 0.05) is 31.2 Å². The van der Waals surface area contributed by atoms with Gasteiger partial charge in [-0.2, -0.15) is 0 Å². The fourth-order valence-electron chi connectivity index (χ4n) is 4.33. The van der Waals surface area contributed by atoms with E-state index in [1.165, 1.54) is 0 Å². The highest BCUT2D eigenvalue weighted by molar-refractivity contribution is 7.92. The molecule has 0 unspecified atom stereocenters. The number of hydrogen-bond acceptors (Lipinski definition) is 4. The molecule has 0 atom stereocenters. The van der Waals surface area contributed by atoms with E-state index in [0.29, 0.717) is 20.8 Å². The topological polar surface area (TPSA) is 61.4 Å². The van der Waals surface area contributed by atoms with E-state index in [1.54, 1.807) is 36.4 Å². The lowest BCUT2D eigenvalue weighted by Crippen LogP contribution is -2.43. The number of benzene rings is 4. The zero-order valence-corrected chi connectivity index (χ0v) is 22.8. The van der Waals surface area contributed by atoms with Gasteiger partial charge < -0.3 is 10.2 Å². The Bertz CT molecular complexity index is 1520. The second-order valence-electron chi connectivity index (χ2n) is 8.73. The third kappa shape index (κ3) is 5.89. The number of anilines is 2. The number of nitrogens with one attached hydrogen (secondary N) is 2. The summed E-state index contributed by atoms with van der Waals surface area (Å²) in [6.45, 7) is 3.20. The van der Waals surface area contributed by atoms with Gasteiger partial charge in [0.15, 0.2) is 0 Å². The monoisotopic (exact) mass is 571 g/mol. The minimum atomic E-state index is -3.85. The maximum absolute atomic E-state index is 13.5. The third-order valence-electron chi connectivity index (χ3n) is 6.29. The molecule has 37 heavy (non-hydrogen) atoms. The molecule has 1 aliphatic rings. The Balaban J connectivity index is 1.49. The van der Waals surface area contributed by atoms with Gasteiger partial charge in [-0.05, 0) is 70.8 Å². The van der Waals surface area contributed by atoms with Gasteiger partial charge in [0.2, 0.25) is 0 Å². The first-order valence-corrected chi connectivity index (χ1v) is 14.4. The first-order valence-electron chi connectivity index (χ1n) is 11.7. The fraction of sp³-hybridized carbons (Fsp3) is 0.143. The van der Waals surface area contributed by atoms with Crippen LogP contribution >= 0.6 is 34.8 Å². The van der Waals surface area contributed by atoms with Crippen LogP contribution in [0.4, 0.5) is 11.4 Å². The van der Waals surface area contributed by atoms with Gasteiger partial charge in [-0.25, -0.2) is 8.42 Å². The normalized spacial score (nSPS) is 14.0. The molecular weight excluding hydrogens is 549 g/mol. The van der Waals surface area contributed by atoms with Gasteiger partial charge in [-0.3, -0.25) is 4.72 Å². The van der Waals surface area contributed by atoms with Crippen LogP contribution in [0.3, 0.4) is 0 Å². The van der Waals surface area contributed by atoms with Crippen molar-refractivity contribution in [2.75, 3.05) is 35.8 Å². The Labute approximate surface area is 232 Å². The molecule has 5 nitrogen and oxygen atoms in total. The van der Waals surface area contributed by atoms with Crippen LogP contribution in [0.5, 0.6) is 0 Å². The minimum Gasteiger partial charge on any atom is -0.367 e. The van der Waals surface area contributed by atoms with Crippen LogP contribution in [0.1, 0.15) is 0 Å². The molecular formula is C28H24Cl3N3O2S. The van der Waals surface area contributed by atoms with Crippen LogP contribution in [0.25, 0.3) is 22.3 Å². The van der Waals surface area contributed by atoms with E-state index in [4.69, 9.17) is 34.8 Å². The lowest BCUT2D eigenvalue weighted by molar-refractivity contribution is 0.589. The maximum Gasteiger partial charge on any atom is 0.261 e. The van der Waals surface area contributed by atoms with Crippen LogP contribution in [-0.2, 0) is 10.0 Å². The number of nitrogens with zero attached hydrogens (tertiary/aromatic N) is 1. The zero-order valence-electron chi connectivity index (χ0n) is 19.7. The molecule has 0 spiro atoms. The highest BCUT2D eigenvalue weighted by Gasteiger charge is 2.21. The lowest BCUT2D eigenvalue weighted by Gasteiger charge is -2.31. The summed E-state index contributed by atoms with van der Waals surface area (Å²) in [7, 11) is -3.85. The molecule has 4 aromatic carbocycles. The number of piperazine rings is 1. The van der Waals surface area contributed by atoms with E-state index >= 15 is 0 Å². The summed E-state index contributed by atoms with van der Waals surface area (Å²) in [5.41, 5.74) is 4.86. The van der Waals surface area contributed by atoms with Gasteiger partial charge in [0.25, 0.3) is 10.0 Å². The first kappa shape index (κ1) is 25.9. The SMILES string of the molecule is O=S(=O)(Nc1cc(-c2ccc(Cl)c(Cl)c2)ccc1N1CCNCC1)c1ccc(-c2ccc(Cl)cc2)cc1. The third-order valence-corrected chi connectivity index (χ3v) is 8.67. The highest BCUT2D eigenvalue weighted by atomic mass is 35.5. The van der Waals surface area contributed by atoms with Gasteiger partial charge in [-0.1, -0.05) is 71.2 Å². The Hall–Kier alpha value is -2.74. The first-order chi connectivity index (χ1) is 17.8. The molecule has 9 heteroatoms. The summed E-state index contributed by atoms with van der Waals surface area (Å²) >= 11 is 18.3. The number of rotatable bonds is 6. The summed E-state index contributed by atoms with van der Waals surface area (Å²) in [6.07, 6.45) is 0. The molecule has 0 radical (unpaired) electrons. The average molecular weight is 573 g/mol. The molecule has 1 saturated heterocycles. The zero-order chi connectivity index (χ0) is 26.0. The smallest absolute Gasteiger partial charge is 0.261 e. The Morgan fingerprint density at radius 1 is 0.676 bits per heavy atom. The van der Waals surface area contributed by atoms with Crippen LogP contribution in [-0.4, -0.2) is 34.6 Å². The maximum atomic E-state index is 13.5. The van der Waals surface area contributed by atoms with Crippen molar-refractivity contribution in [1.82, 2.24) is 5.32 Å². The fourth-order valence-corrected chi connectivity index (χ4v) is 5.82. The summed E-state index contributed by atoms with van der Waals surface area (Å²) < 4.78 is 29.8. The molecule has 0 aliphatic carbocycles. The van der Waals surface area contributed by atoms with E-state index < -0.39 is 10.0 Å². The molecule has 5 rings (SSSR count). The van der Waals surface area contributed by atoms with Crippen molar-refractivity contribution in [3.8, 4) is 22.3 Å². The quantitative estimate of drug-likeness (QED) is 0.257. The van der Waals surface area contributed by atoms with Crippen molar-refractivity contribution in [2.45, 2.75) is 4.90 Å². The van der Waals surface area contributed by atoms with Crippen molar-refractivity contribution < 1.29 is 8.42 Å². The van der Waals surface area contributed by atoms with Gasteiger partial charge >= 0.3 is 0 Å². The Morgan fingerprint density at radius 3 is 1.89 bits per heavy atom. The van der Waals surface area contributed by atoms with E-state index in [1.807, 2.05) is 48.5 Å². The second kappa shape index (κ2) is 10.9. The molecule has 2 N–H and O–H groups in total. The van der Waals surface area contributed by atoms with E-state index in [-0.39, 0.29) is 4.90 Å². The molecule has 1 heterocycles. The van der Waals surface area contributed by atoms with E-state index in [2.05, 4.69) is 14.9 Å². The van der Waals surface area contributed by atoms with Crippen LogP contribution in [0.15, 0.2) is 89.8 Å². The van der Waals surface area contributed by atoms with Crippen molar-refractivity contribution in [3.63, 3.8) is 0 Å². The number of hydrogen-bond donors (Lipinski definition) is 2. The van der Waals surface area contributed by atoms with Crippen LogP contribution < -0.4 is 14.9 Å². The van der Waals surface area contributed by atoms with Crippen molar-refractivity contribution >= 4 is 56.2 Å². The van der Waals surface area contributed by atoms with E-state index in [9.17, 15) is 8.42 Å². The molecule has 0 bridgehead atoms. The molecule has 1 aliphatic heterocycles. The summed E-state index contributed by atoms with van der Waals surface area (Å²) in [5, 5.41) is 4.88. The van der Waals surface area contributed by atoms with Crippen LogP contribution in [0.2, 0.25) is 15.1 Å². The van der Waals surface area contributed by atoms with Crippen molar-refractivity contribution in [3.05, 3.63) is 100.0 Å². The summed E-state index contributed by atoms with van der Waals surface area (Å²) in [4.78, 5) is 2.35. The molecule has 0 saturated carbocycles. The van der Waals surface area contributed by atoms with Crippen molar-refractivity contribution in [2.24, 2.45) is 0 Å². The van der Waals surface area contributed by atoms with Crippen LogP contribution in [0, 0.1) is 0 Å². The molecule has 0 aromatic heterocycles. The van der Waals surface area contributed by atoms with Gasteiger partial charge in [0.05, 0.1) is 26.3 Å². The van der Waals surface area contributed by atoms with Crippen molar-refractivity contribution in [1.29, 1.82) is 0 Å². The lowest BCUT2D eigenvalue weighted by atomic mass is 10.0. The predicted octanol–water partition coefficient (Wildman–Crippen LogP) is 7.19. The minimum absolute atomic E-state index is 0.177. The average Bonchev–Trinajstić information content (AvgIpc) is 2.91. The Kier molecular flexibility index (Phi) is 7.65. The second-order valence-corrected chi connectivity index (χ2v) is 11.7. The van der Waals surface area contributed by atoms with Gasteiger partial charge in [0.1, 0.15) is 0 Å². The summed E-state index contributed by atoms with van der Waals surface area (Å²) in [6, 6.07) is 25.4. The molecule has 0 amide bonds. The standard InChI is InChI=1S/C28H24Cl3N3O2S/c29-23-7-1-19(2-8-23)20-3-9-24(10-4-20)37(35,36)33-27-18-22(21-5-11-25(30)26(31)17-21)6-12-28(27)34-15-13-32-14-16-34/h1-12,17-18,32-33H,13-16H2. The number of sulfonamides is 1. The number of halogens is 3. The molecule has 1 fully saturated rings. The largest absolute Gasteiger partial charge is 0.367 e. The molecule has 190 valence electrons. The Morgan fingerprint density at radius 2 is 1.24 bits per heavy atom. The van der Waals surface area contributed by atoms with E-state index in [0.717, 1.165) is 54.1 Å². The predicted molar refractivity (Wildman–Crippen MR) is 155 cm³/mol. The molecule has 4 aromatic rings. The van der Waals surface area contributed by atoms with Gasteiger partial charge in [-0.15, -0.1) is 0 Å².